The van der Waals surface area contributed by atoms with E-state index in [0.717, 1.165) is 88.4 Å². The van der Waals surface area contributed by atoms with Crippen molar-refractivity contribution in [3.63, 3.8) is 0 Å². The highest BCUT2D eigenvalue weighted by atomic mass is 32.1. The molecule has 0 fully saturated rings. The van der Waals surface area contributed by atoms with Gasteiger partial charge >= 0.3 is 0 Å². The van der Waals surface area contributed by atoms with E-state index in [4.69, 9.17) is 8.83 Å². The normalized spacial score (nSPS) is 11.8. The Morgan fingerprint density at radius 3 is 1.22 bits per heavy atom. The van der Waals surface area contributed by atoms with Crippen LogP contribution in [0.1, 0.15) is 0 Å². The molecule has 0 saturated carbocycles. The van der Waals surface area contributed by atoms with E-state index in [1.165, 1.54) is 96.0 Å². The summed E-state index contributed by atoms with van der Waals surface area (Å²) in [5.41, 5.74) is 25.0. The Morgan fingerprint density at radius 2 is 0.638 bits per heavy atom. The van der Waals surface area contributed by atoms with E-state index in [2.05, 4.69) is 337 Å². The van der Waals surface area contributed by atoms with Gasteiger partial charge in [0.2, 0.25) is 0 Å². The van der Waals surface area contributed by atoms with Crippen LogP contribution in [0.15, 0.2) is 336 Å². The summed E-state index contributed by atoms with van der Waals surface area (Å²) in [7, 11) is 0. The number of nitrogens with zero attached hydrogens (tertiary/aromatic N) is 2. The number of hydrogen-bond acceptors (Lipinski definition) is 4. The molecule has 94 heavy (non-hydrogen) atoms. The van der Waals surface area contributed by atoms with Gasteiger partial charge in [0, 0.05) is 78.8 Å². The van der Waals surface area contributed by atoms with Gasteiger partial charge in [0.15, 0.2) is 11.2 Å². The third-order valence-electron chi connectivity index (χ3n) is 18.8. The van der Waals surface area contributed by atoms with E-state index in [9.17, 15) is 0 Å². The highest BCUT2D eigenvalue weighted by Crippen LogP contribution is 2.47. The smallest absolute Gasteiger partial charge is 0.161 e. The van der Waals surface area contributed by atoms with Crippen molar-refractivity contribution in [2.45, 2.75) is 0 Å². The monoisotopic (exact) mass is 1230 g/mol. The molecule has 0 amide bonds. The molecule has 0 saturated heterocycles. The lowest BCUT2D eigenvalue weighted by molar-refractivity contribution is 0.672. The van der Waals surface area contributed by atoms with Crippen LogP contribution in [-0.4, -0.2) is 9.13 Å². The van der Waals surface area contributed by atoms with Crippen LogP contribution in [0.5, 0.6) is 0 Å². The molecule has 20 rings (SSSR count). The van der Waals surface area contributed by atoms with Crippen LogP contribution >= 0.6 is 22.7 Å². The van der Waals surface area contributed by atoms with Gasteiger partial charge in [0.05, 0.1) is 11.0 Å². The molecule has 4 nitrogen and oxygen atoms in total. The Labute approximate surface area is 548 Å². The molecular formula is C88H54N2O2S2. The molecular weight excluding hydrogens is 1180 g/mol. The third-order valence-corrected chi connectivity index (χ3v) is 21.3. The molecule has 0 spiro atoms. The first-order valence-corrected chi connectivity index (χ1v) is 33.5. The zero-order valence-electron chi connectivity index (χ0n) is 50.7. The first-order valence-electron chi connectivity index (χ1n) is 31.9. The first-order chi connectivity index (χ1) is 46.6. The summed E-state index contributed by atoms with van der Waals surface area (Å²) in [4.78, 5) is 0. The van der Waals surface area contributed by atoms with Gasteiger partial charge in [-0.3, -0.25) is 0 Å². The van der Waals surface area contributed by atoms with Crippen molar-refractivity contribution >= 4 is 129 Å². The zero-order chi connectivity index (χ0) is 61.8. The third kappa shape index (κ3) is 8.79. The number of hydrogen-bond donors (Lipinski definition) is 0. The summed E-state index contributed by atoms with van der Waals surface area (Å²) in [5.74, 6) is 0. The van der Waals surface area contributed by atoms with Crippen molar-refractivity contribution < 1.29 is 8.83 Å². The molecule has 0 bridgehead atoms. The standard InChI is InChI=1S/2C44H27NOS/c1-3-11-28(12-4-1)32-25-37(44-38(26-32)34-15-8-10-18-41(34)47-44)30-21-19-29(20-22-30)31-23-24-36-40(27-31)46-43-35-16-7-9-17-39(35)45(42(36)43)33-13-5-2-6-14-33;1-3-11-29(12-4-1)34-17-9-18-37-41-33(16-10-20-40(41)47-44(34)37)30-23-21-28(22-24-30)31-25-26-36-39(27-31)46-43-35-15-7-8-19-38(35)45(42(36)43)32-13-5-2-6-14-32/h2*1-27H. The predicted molar refractivity (Wildman–Crippen MR) is 400 cm³/mol. The number of fused-ring (bicyclic) bond motifs is 16. The summed E-state index contributed by atoms with van der Waals surface area (Å²) in [6, 6.07) is 118. The summed E-state index contributed by atoms with van der Waals surface area (Å²) >= 11 is 3.76. The van der Waals surface area contributed by atoms with Gasteiger partial charge < -0.3 is 18.0 Å². The minimum absolute atomic E-state index is 0.898. The maximum absolute atomic E-state index is 6.64. The molecule has 0 unspecified atom stereocenters. The van der Waals surface area contributed by atoms with Crippen molar-refractivity contribution in [3.8, 4) is 78.1 Å². The lowest BCUT2D eigenvalue weighted by atomic mass is 9.95. The van der Waals surface area contributed by atoms with Crippen molar-refractivity contribution in [2.24, 2.45) is 0 Å². The maximum Gasteiger partial charge on any atom is 0.161 e. The van der Waals surface area contributed by atoms with E-state index in [0.29, 0.717) is 0 Å². The number of aromatic nitrogens is 2. The Balaban J connectivity index is 0.000000133. The van der Waals surface area contributed by atoms with Crippen molar-refractivity contribution in [1.29, 1.82) is 0 Å². The fourth-order valence-corrected chi connectivity index (χ4v) is 16.9. The van der Waals surface area contributed by atoms with Crippen LogP contribution in [0.25, 0.3) is 184 Å². The lowest BCUT2D eigenvalue weighted by Gasteiger charge is -2.10. The second kappa shape index (κ2) is 22.0. The molecule has 0 aliphatic heterocycles. The van der Waals surface area contributed by atoms with Gasteiger partial charge in [-0.1, -0.05) is 231 Å². The summed E-state index contributed by atoms with van der Waals surface area (Å²) in [5, 5.41) is 9.75. The maximum atomic E-state index is 6.64. The predicted octanol–water partition coefficient (Wildman–Crippen LogP) is 25.8. The van der Waals surface area contributed by atoms with E-state index in [-0.39, 0.29) is 0 Å². The fourth-order valence-electron chi connectivity index (χ4n) is 14.4. The molecule has 0 radical (unpaired) electrons. The fraction of sp³-hybridized carbons (Fsp3) is 0. The van der Waals surface area contributed by atoms with E-state index in [1.54, 1.807) is 0 Å². The zero-order valence-corrected chi connectivity index (χ0v) is 52.3. The molecule has 0 N–H and O–H groups in total. The van der Waals surface area contributed by atoms with Gasteiger partial charge in [0.25, 0.3) is 0 Å². The van der Waals surface area contributed by atoms with Crippen LogP contribution < -0.4 is 0 Å². The van der Waals surface area contributed by atoms with Gasteiger partial charge in [-0.15, -0.1) is 22.7 Å². The summed E-state index contributed by atoms with van der Waals surface area (Å²) in [6.07, 6.45) is 0. The van der Waals surface area contributed by atoms with Crippen LogP contribution in [-0.2, 0) is 0 Å². The topological polar surface area (TPSA) is 36.1 Å². The van der Waals surface area contributed by atoms with E-state index in [1.807, 2.05) is 22.7 Å². The van der Waals surface area contributed by atoms with Gasteiger partial charge in [-0.05, 0) is 158 Å². The molecule has 6 heteroatoms. The van der Waals surface area contributed by atoms with E-state index >= 15 is 0 Å². The van der Waals surface area contributed by atoms with E-state index < -0.39 is 0 Å². The van der Waals surface area contributed by atoms with Gasteiger partial charge in [0.1, 0.15) is 22.2 Å². The van der Waals surface area contributed by atoms with Crippen molar-refractivity contribution in [1.82, 2.24) is 9.13 Å². The molecule has 6 aromatic heterocycles. The van der Waals surface area contributed by atoms with Crippen LogP contribution in [0.3, 0.4) is 0 Å². The van der Waals surface area contributed by atoms with Crippen LogP contribution in [0.4, 0.5) is 0 Å². The molecule has 20 aromatic rings. The number of furan rings is 2. The van der Waals surface area contributed by atoms with Crippen molar-refractivity contribution in [2.75, 3.05) is 0 Å². The highest BCUT2D eigenvalue weighted by Gasteiger charge is 2.23. The average Bonchev–Trinajstić information content (AvgIpc) is 1.58. The number of para-hydroxylation sites is 4. The Hall–Kier alpha value is -11.8. The largest absolute Gasteiger partial charge is 0.454 e. The van der Waals surface area contributed by atoms with Crippen molar-refractivity contribution in [3.05, 3.63) is 328 Å². The lowest BCUT2D eigenvalue weighted by Crippen LogP contribution is -1.92. The van der Waals surface area contributed by atoms with Gasteiger partial charge in [-0.2, -0.15) is 0 Å². The Morgan fingerprint density at radius 1 is 0.234 bits per heavy atom. The molecule has 14 aromatic carbocycles. The summed E-state index contributed by atoms with van der Waals surface area (Å²) in [6.45, 7) is 0. The minimum Gasteiger partial charge on any atom is -0.454 e. The minimum atomic E-state index is 0.898. The summed E-state index contributed by atoms with van der Waals surface area (Å²) < 4.78 is 23.2. The SMILES string of the molecule is c1ccc(-c2cc(-c3ccc(-c4ccc5c(c4)oc4c6ccccc6n(-c6ccccc6)c54)cc3)c3sc4ccccc4c3c2)cc1.c1ccc(-c2cccc3c2sc2cccc(-c4ccc(-c5ccc6c(c5)oc5c7ccccc7n(-c7ccccc7)c65)cc4)c23)cc1. The Kier molecular flexibility index (Phi) is 12.6. The molecule has 0 aliphatic rings. The molecule has 440 valence electrons. The molecule has 0 aliphatic carbocycles. The van der Waals surface area contributed by atoms with Crippen LogP contribution in [0.2, 0.25) is 0 Å². The van der Waals surface area contributed by atoms with Gasteiger partial charge in [-0.25, -0.2) is 0 Å². The average molecular weight is 1240 g/mol. The molecule has 0 atom stereocenters. The molecule has 6 heterocycles. The highest BCUT2D eigenvalue weighted by molar-refractivity contribution is 7.26. The number of thiophene rings is 2. The second-order valence-corrected chi connectivity index (χ2v) is 26.3. The number of rotatable bonds is 8. The number of benzene rings is 14. The van der Waals surface area contributed by atoms with Crippen LogP contribution in [0, 0.1) is 0 Å². The Bertz CT molecular complexity index is 6310. The quantitative estimate of drug-likeness (QED) is 0.152. The second-order valence-electron chi connectivity index (χ2n) is 24.2. The first kappa shape index (κ1) is 54.0.